The number of aromatic nitrogens is 1. The number of fused-ring (bicyclic) bond motifs is 1. The molecule has 0 spiro atoms. The maximum Gasteiger partial charge on any atom is 0.261 e. The molecule has 1 aromatic heterocycles. The van der Waals surface area contributed by atoms with Crippen molar-refractivity contribution >= 4 is 57.3 Å². The van der Waals surface area contributed by atoms with E-state index in [9.17, 15) is 14.4 Å². The van der Waals surface area contributed by atoms with Gasteiger partial charge in [0, 0.05) is 35.8 Å². The Bertz CT molecular complexity index is 1200. The number of hydrogen-bond acceptors (Lipinski definition) is 3. The molecule has 0 saturated carbocycles. The smallest absolute Gasteiger partial charge is 0.261 e. The maximum absolute atomic E-state index is 13.0. The first-order valence-corrected chi connectivity index (χ1v) is 9.69. The Hall–Kier alpha value is -2.83. The largest absolute Gasteiger partial charge is 0.346 e. The number of carbonyl (C=O) groups excluding carboxylic acids is 2. The van der Waals surface area contributed by atoms with E-state index in [2.05, 4.69) is 10.6 Å². The highest BCUT2D eigenvalue weighted by Gasteiger charge is 2.18. The van der Waals surface area contributed by atoms with Crippen LogP contribution in [0.5, 0.6) is 0 Å². The fourth-order valence-electron chi connectivity index (χ4n) is 3.16. The second-order valence-corrected chi connectivity index (χ2v) is 7.37. The van der Waals surface area contributed by atoms with Gasteiger partial charge in [-0.25, -0.2) is 0 Å². The molecule has 3 aromatic rings. The van der Waals surface area contributed by atoms with Crippen LogP contribution in [-0.2, 0) is 11.3 Å². The monoisotopic (exact) mass is 431 g/mol. The molecule has 0 atom stereocenters. The molecule has 2 N–H and O–H groups in total. The summed E-state index contributed by atoms with van der Waals surface area (Å²) in [5.74, 6) is -0.840. The third-order valence-corrected chi connectivity index (χ3v) is 5.29. The zero-order valence-corrected chi connectivity index (χ0v) is 17.6. The summed E-state index contributed by atoms with van der Waals surface area (Å²) in [6, 6.07) is 7.98. The second-order valence-electron chi connectivity index (χ2n) is 6.56. The molecule has 2 aromatic carbocycles. The molecule has 0 saturated heterocycles. The highest BCUT2D eigenvalue weighted by molar-refractivity contribution is 6.34. The molecule has 0 bridgehead atoms. The van der Waals surface area contributed by atoms with Gasteiger partial charge < -0.3 is 15.2 Å². The SMILES string of the molecule is CCn1cc(C(=O)Nc2cc(NC(C)=O)ccc2Cl)c(=O)c2ccc(Cl)c(C)c21. The quantitative estimate of drug-likeness (QED) is 0.619. The predicted molar refractivity (Wildman–Crippen MR) is 117 cm³/mol. The number of nitrogens with zero attached hydrogens (tertiary/aromatic N) is 1. The Balaban J connectivity index is 2.07. The van der Waals surface area contributed by atoms with Gasteiger partial charge in [0.15, 0.2) is 0 Å². The van der Waals surface area contributed by atoms with Gasteiger partial charge in [-0.2, -0.15) is 0 Å². The number of nitrogens with one attached hydrogen (secondary N) is 2. The topological polar surface area (TPSA) is 80.2 Å². The summed E-state index contributed by atoms with van der Waals surface area (Å²) in [6.45, 7) is 5.68. The van der Waals surface area contributed by atoms with Crippen LogP contribution in [0.1, 0.15) is 29.8 Å². The molecule has 0 fully saturated rings. The van der Waals surface area contributed by atoms with Crippen LogP contribution >= 0.6 is 23.2 Å². The van der Waals surface area contributed by atoms with E-state index in [-0.39, 0.29) is 22.2 Å². The zero-order chi connectivity index (χ0) is 21.3. The van der Waals surface area contributed by atoms with Crippen molar-refractivity contribution in [3.8, 4) is 0 Å². The number of rotatable bonds is 4. The van der Waals surface area contributed by atoms with Crippen LogP contribution in [0.15, 0.2) is 41.3 Å². The average molecular weight is 432 g/mol. The van der Waals surface area contributed by atoms with Gasteiger partial charge in [-0.3, -0.25) is 14.4 Å². The first-order chi connectivity index (χ1) is 13.7. The van der Waals surface area contributed by atoms with Crippen LogP contribution < -0.4 is 16.1 Å². The van der Waals surface area contributed by atoms with Crippen molar-refractivity contribution in [2.45, 2.75) is 27.3 Å². The molecule has 0 aliphatic carbocycles. The second kappa shape index (κ2) is 8.27. The highest BCUT2D eigenvalue weighted by Crippen LogP contribution is 2.27. The first-order valence-electron chi connectivity index (χ1n) is 8.93. The number of amides is 2. The summed E-state index contributed by atoms with van der Waals surface area (Å²) < 4.78 is 1.82. The number of aryl methyl sites for hydroxylation is 2. The van der Waals surface area contributed by atoms with E-state index in [1.165, 1.54) is 19.2 Å². The van der Waals surface area contributed by atoms with Crippen molar-refractivity contribution in [2.75, 3.05) is 10.6 Å². The van der Waals surface area contributed by atoms with E-state index < -0.39 is 11.3 Å². The van der Waals surface area contributed by atoms with Gasteiger partial charge in [0.2, 0.25) is 11.3 Å². The number of hydrogen-bond donors (Lipinski definition) is 2. The molecule has 29 heavy (non-hydrogen) atoms. The number of anilines is 2. The third-order valence-electron chi connectivity index (χ3n) is 4.55. The molecule has 2 amide bonds. The van der Waals surface area contributed by atoms with Gasteiger partial charge in [-0.1, -0.05) is 23.2 Å². The molecular weight excluding hydrogens is 413 g/mol. The summed E-state index contributed by atoms with van der Waals surface area (Å²) in [4.78, 5) is 37.1. The van der Waals surface area contributed by atoms with Crippen LogP contribution in [0, 0.1) is 6.92 Å². The van der Waals surface area contributed by atoms with Gasteiger partial charge in [-0.15, -0.1) is 0 Å². The van der Waals surface area contributed by atoms with Crippen molar-refractivity contribution in [1.82, 2.24) is 4.57 Å². The van der Waals surface area contributed by atoms with Gasteiger partial charge in [0.05, 0.1) is 16.2 Å². The Kier molecular flexibility index (Phi) is 5.96. The van der Waals surface area contributed by atoms with Gasteiger partial charge in [0.25, 0.3) is 5.91 Å². The molecule has 1 heterocycles. The molecular formula is C21H19Cl2N3O3. The predicted octanol–water partition coefficient (Wildman–Crippen LogP) is 4.85. The van der Waals surface area contributed by atoms with E-state index in [1.807, 2.05) is 18.4 Å². The van der Waals surface area contributed by atoms with Crippen LogP contribution in [-0.4, -0.2) is 16.4 Å². The number of benzene rings is 2. The summed E-state index contributed by atoms with van der Waals surface area (Å²) in [5, 5.41) is 6.54. The van der Waals surface area contributed by atoms with Crippen LogP contribution in [0.3, 0.4) is 0 Å². The minimum Gasteiger partial charge on any atom is -0.346 e. The van der Waals surface area contributed by atoms with Crippen LogP contribution in [0.25, 0.3) is 10.9 Å². The lowest BCUT2D eigenvalue weighted by atomic mass is 10.1. The molecule has 150 valence electrons. The molecule has 6 nitrogen and oxygen atoms in total. The molecule has 8 heteroatoms. The van der Waals surface area contributed by atoms with Gasteiger partial charge >= 0.3 is 0 Å². The van der Waals surface area contributed by atoms with Crippen molar-refractivity contribution in [2.24, 2.45) is 0 Å². The Morgan fingerprint density at radius 2 is 1.76 bits per heavy atom. The van der Waals surface area contributed by atoms with Gasteiger partial charge in [-0.05, 0) is 49.7 Å². The van der Waals surface area contributed by atoms with Crippen molar-refractivity contribution in [3.05, 3.63) is 67.9 Å². The Labute approximate surface area is 177 Å². The number of pyridine rings is 1. The van der Waals surface area contributed by atoms with Crippen molar-refractivity contribution in [3.63, 3.8) is 0 Å². The minimum absolute atomic E-state index is 0.0120. The summed E-state index contributed by atoms with van der Waals surface area (Å²) in [5.41, 5.74) is 1.84. The Morgan fingerprint density at radius 1 is 1.07 bits per heavy atom. The summed E-state index contributed by atoms with van der Waals surface area (Å²) in [7, 11) is 0. The fraction of sp³-hybridized carbons (Fsp3) is 0.190. The highest BCUT2D eigenvalue weighted by atomic mass is 35.5. The standard InChI is InChI=1S/C21H19Cl2N3O3/c1-4-26-10-15(20(28)14-6-8-16(22)11(2)19(14)26)21(29)25-18-9-13(24-12(3)27)5-7-17(18)23/h5-10H,4H2,1-3H3,(H,24,27)(H,25,29). The summed E-state index contributed by atoms with van der Waals surface area (Å²) >= 11 is 12.4. The van der Waals surface area contributed by atoms with Crippen LogP contribution in [0.4, 0.5) is 11.4 Å². The molecule has 0 radical (unpaired) electrons. The molecule has 0 aliphatic heterocycles. The van der Waals surface area contributed by atoms with Crippen molar-refractivity contribution < 1.29 is 9.59 Å². The van der Waals surface area contributed by atoms with E-state index >= 15 is 0 Å². The number of carbonyl (C=O) groups is 2. The van der Waals surface area contributed by atoms with E-state index in [4.69, 9.17) is 23.2 Å². The lowest BCUT2D eigenvalue weighted by Gasteiger charge is -2.15. The first kappa shape index (κ1) is 20.9. The third kappa shape index (κ3) is 4.13. The molecule has 0 unspecified atom stereocenters. The lowest BCUT2D eigenvalue weighted by Crippen LogP contribution is -2.24. The maximum atomic E-state index is 13.0. The van der Waals surface area contributed by atoms with E-state index in [1.54, 1.807) is 24.3 Å². The van der Waals surface area contributed by atoms with E-state index in [0.717, 1.165) is 5.56 Å². The minimum atomic E-state index is -0.589. The Morgan fingerprint density at radius 3 is 2.41 bits per heavy atom. The molecule has 0 aliphatic rings. The normalized spacial score (nSPS) is 10.8. The van der Waals surface area contributed by atoms with Crippen LogP contribution in [0.2, 0.25) is 10.0 Å². The van der Waals surface area contributed by atoms with Gasteiger partial charge in [0.1, 0.15) is 5.56 Å². The zero-order valence-electron chi connectivity index (χ0n) is 16.1. The molecule has 3 rings (SSSR count). The number of halogens is 2. The summed E-state index contributed by atoms with van der Waals surface area (Å²) in [6.07, 6.45) is 1.52. The van der Waals surface area contributed by atoms with Crippen molar-refractivity contribution in [1.29, 1.82) is 0 Å². The average Bonchev–Trinajstić information content (AvgIpc) is 2.67. The lowest BCUT2D eigenvalue weighted by molar-refractivity contribution is -0.114. The fourth-order valence-corrected chi connectivity index (χ4v) is 3.47. The van der Waals surface area contributed by atoms with E-state index in [0.29, 0.717) is 28.2 Å².